The fourth-order valence-corrected chi connectivity index (χ4v) is 2.51. The van der Waals surface area contributed by atoms with Crippen molar-refractivity contribution in [1.82, 2.24) is 5.32 Å². The van der Waals surface area contributed by atoms with Crippen molar-refractivity contribution in [2.45, 2.75) is 46.5 Å². The summed E-state index contributed by atoms with van der Waals surface area (Å²) in [6, 6.07) is 3.92. The van der Waals surface area contributed by atoms with Gasteiger partial charge in [-0.25, -0.2) is 0 Å². The van der Waals surface area contributed by atoms with E-state index in [1.165, 1.54) is 19.3 Å². The summed E-state index contributed by atoms with van der Waals surface area (Å²) in [6.45, 7) is 9.23. The molecule has 0 saturated heterocycles. The quantitative estimate of drug-likeness (QED) is 0.674. The van der Waals surface area contributed by atoms with E-state index in [1.807, 2.05) is 26.0 Å². The van der Waals surface area contributed by atoms with Crippen molar-refractivity contribution in [3.8, 4) is 5.75 Å². The van der Waals surface area contributed by atoms with E-state index < -0.39 is 0 Å². The molecule has 0 fully saturated rings. The second-order valence-electron chi connectivity index (χ2n) is 4.98. The van der Waals surface area contributed by atoms with E-state index in [-0.39, 0.29) is 0 Å². The van der Waals surface area contributed by atoms with Gasteiger partial charge < -0.3 is 10.1 Å². The molecule has 0 heterocycles. The number of hydrogen-bond acceptors (Lipinski definition) is 2. The lowest BCUT2D eigenvalue weighted by Crippen LogP contribution is -2.13. The van der Waals surface area contributed by atoms with E-state index in [1.54, 1.807) is 0 Å². The molecule has 0 aromatic heterocycles. The molecule has 0 saturated carbocycles. The van der Waals surface area contributed by atoms with Crippen LogP contribution in [0.4, 0.5) is 0 Å². The Labute approximate surface area is 122 Å². The molecule has 0 spiro atoms. The third-order valence-electron chi connectivity index (χ3n) is 3.17. The SMILES string of the molecule is CCNCCCCCCOc1c(C)cc(Cl)cc1C. The Morgan fingerprint density at radius 2 is 1.68 bits per heavy atom. The number of aryl methyl sites for hydroxylation is 2. The molecule has 0 amide bonds. The summed E-state index contributed by atoms with van der Waals surface area (Å²) in [7, 11) is 0. The monoisotopic (exact) mass is 283 g/mol. The molecule has 0 aliphatic rings. The van der Waals surface area contributed by atoms with Crippen LogP contribution in [0.5, 0.6) is 5.75 Å². The van der Waals surface area contributed by atoms with Crippen LogP contribution in [-0.2, 0) is 0 Å². The lowest BCUT2D eigenvalue weighted by atomic mass is 10.1. The molecule has 1 aromatic rings. The highest BCUT2D eigenvalue weighted by Crippen LogP contribution is 2.27. The molecule has 19 heavy (non-hydrogen) atoms. The summed E-state index contributed by atoms with van der Waals surface area (Å²) in [5.41, 5.74) is 2.24. The topological polar surface area (TPSA) is 21.3 Å². The molecule has 0 aliphatic heterocycles. The zero-order valence-corrected chi connectivity index (χ0v) is 13.1. The fraction of sp³-hybridized carbons (Fsp3) is 0.625. The maximum Gasteiger partial charge on any atom is 0.125 e. The van der Waals surface area contributed by atoms with Gasteiger partial charge in [-0.3, -0.25) is 0 Å². The molecule has 3 heteroatoms. The van der Waals surface area contributed by atoms with E-state index in [0.29, 0.717) is 0 Å². The highest BCUT2D eigenvalue weighted by molar-refractivity contribution is 6.30. The Bertz CT molecular complexity index is 356. The molecule has 0 unspecified atom stereocenters. The molecule has 2 nitrogen and oxygen atoms in total. The minimum Gasteiger partial charge on any atom is -0.493 e. The van der Waals surface area contributed by atoms with Gasteiger partial charge in [-0.2, -0.15) is 0 Å². The highest BCUT2D eigenvalue weighted by Gasteiger charge is 2.05. The molecular weight excluding hydrogens is 258 g/mol. The normalized spacial score (nSPS) is 10.7. The molecule has 0 atom stereocenters. The maximum atomic E-state index is 6.00. The van der Waals surface area contributed by atoms with Gasteiger partial charge in [0.25, 0.3) is 0 Å². The van der Waals surface area contributed by atoms with Crippen molar-refractivity contribution in [2.24, 2.45) is 0 Å². The van der Waals surface area contributed by atoms with Crippen molar-refractivity contribution in [1.29, 1.82) is 0 Å². The Kier molecular flexibility index (Phi) is 7.92. The van der Waals surface area contributed by atoms with Crippen molar-refractivity contribution in [3.63, 3.8) is 0 Å². The number of unbranched alkanes of at least 4 members (excludes halogenated alkanes) is 3. The first kappa shape index (κ1) is 16.3. The van der Waals surface area contributed by atoms with Gasteiger partial charge in [0.05, 0.1) is 6.61 Å². The van der Waals surface area contributed by atoms with Gasteiger partial charge in [0, 0.05) is 5.02 Å². The third-order valence-corrected chi connectivity index (χ3v) is 3.39. The van der Waals surface area contributed by atoms with Crippen LogP contribution in [0.25, 0.3) is 0 Å². The number of benzene rings is 1. The molecular formula is C16H26ClNO. The average molecular weight is 284 g/mol. The van der Waals surface area contributed by atoms with Crippen molar-refractivity contribution < 1.29 is 4.74 Å². The summed E-state index contributed by atoms with van der Waals surface area (Å²) < 4.78 is 5.88. The Balaban J connectivity index is 2.19. The number of halogens is 1. The minimum absolute atomic E-state index is 0.783. The molecule has 1 rings (SSSR count). The maximum absolute atomic E-state index is 6.00. The van der Waals surface area contributed by atoms with Gasteiger partial charge in [-0.15, -0.1) is 0 Å². The number of hydrogen-bond donors (Lipinski definition) is 1. The summed E-state index contributed by atoms with van der Waals surface area (Å²) in [5.74, 6) is 0.997. The standard InChI is InChI=1S/C16H26ClNO/c1-4-18-9-7-5-6-8-10-19-16-13(2)11-15(17)12-14(16)3/h11-12,18H,4-10H2,1-3H3. The fourth-order valence-electron chi connectivity index (χ4n) is 2.18. The summed E-state index contributed by atoms with van der Waals surface area (Å²) in [6.07, 6.45) is 4.88. The van der Waals surface area contributed by atoms with Crippen LogP contribution in [0.2, 0.25) is 5.02 Å². The molecule has 0 radical (unpaired) electrons. The summed E-state index contributed by atoms with van der Waals surface area (Å²) in [4.78, 5) is 0. The summed E-state index contributed by atoms with van der Waals surface area (Å²) >= 11 is 6.00. The van der Waals surface area contributed by atoms with E-state index in [0.717, 1.165) is 48.0 Å². The van der Waals surface area contributed by atoms with Gasteiger partial charge in [0.2, 0.25) is 0 Å². The predicted molar refractivity (Wildman–Crippen MR) is 83.4 cm³/mol. The van der Waals surface area contributed by atoms with E-state index in [2.05, 4.69) is 12.2 Å². The van der Waals surface area contributed by atoms with Crippen LogP contribution in [0, 0.1) is 13.8 Å². The van der Waals surface area contributed by atoms with Crippen LogP contribution >= 0.6 is 11.6 Å². The van der Waals surface area contributed by atoms with Gasteiger partial charge >= 0.3 is 0 Å². The molecule has 1 N–H and O–H groups in total. The zero-order valence-electron chi connectivity index (χ0n) is 12.4. The van der Waals surface area contributed by atoms with Crippen molar-refractivity contribution >= 4 is 11.6 Å². The number of rotatable bonds is 9. The minimum atomic E-state index is 0.783. The average Bonchev–Trinajstić information content (AvgIpc) is 2.35. The van der Waals surface area contributed by atoms with Gasteiger partial charge in [0.15, 0.2) is 0 Å². The zero-order chi connectivity index (χ0) is 14.1. The van der Waals surface area contributed by atoms with Gasteiger partial charge in [-0.05, 0) is 63.0 Å². The first-order valence-corrected chi connectivity index (χ1v) is 7.63. The number of nitrogens with one attached hydrogen (secondary N) is 1. The van der Waals surface area contributed by atoms with E-state index in [9.17, 15) is 0 Å². The highest BCUT2D eigenvalue weighted by atomic mass is 35.5. The van der Waals surface area contributed by atoms with Gasteiger partial charge in [-0.1, -0.05) is 31.4 Å². The van der Waals surface area contributed by atoms with Crippen molar-refractivity contribution in [2.75, 3.05) is 19.7 Å². The predicted octanol–water partition coefficient (Wildman–Crippen LogP) is 4.51. The number of ether oxygens (including phenoxy) is 1. The molecule has 0 aliphatic carbocycles. The Morgan fingerprint density at radius 3 is 2.32 bits per heavy atom. The van der Waals surface area contributed by atoms with Crippen LogP contribution < -0.4 is 10.1 Å². The largest absolute Gasteiger partial charge is 0.493 e. The summed E-state index contributed by atoms with van der Waals surface area (Å²) in [5, 5.41) is 4.12. The van der Waals surface area contributed by atoms with Crippen LogP contribution in [0.1, 0.15) is 43.7 Å². The molecule has 0 bridgehead atoms. The van der Waals surface area contributed by atoms with Crippen LogP contribution in [-0.4, -0.2) is 19.7 Å². The van der Waals surface area contributed by atoms with Crippen LogP contribution in [0.3, 0.4) is 0 Å². The van der Waals surface area contributed by atoms with Crippen molar-refractivity contribution in [3.05, 3.63) is 28.3 Å². The first-order chi connectivity index (χ1) is 9.15. The Morgan fingerprint density at radius 1 is 1.05 bits per heavy atom. The van der Waals surface area contributed by atoms with Gasteiger partial charge in [0.1, 0.15) is 5.75 Å². The third kappa shape index (κ3) is 6.31. The molecule has 108 valence electrons. The first-order valence-electron chi connectivity index (χ1n) is 7.25. The van der Waals surface area contributed by atoms with E-state index in [4.69, 9.17) is 16.3 Å². The molecule has 1 aromatic carbocycles. The second kappa shape index (κ2) is 9.22. The smallest absolute Gasteiger partial charge is 0.125 e. The lowest BCUT2D eigenvalue weighted by Gasteiger charge is -2.12. The van der Waals surface area contributed by atoms with E-state index >= 15 is 0 Å². The lowest BCUT2D eigenvalue weighted by molar-refractivity contribution is 0.300. The Hall–Kier alpha value is -0.730. The van der Waals surface area contributed by atoms with Crippen LogP contribution in [0.15, 0.2) is 12.1 Å². The second-order valence-corrected chi connectivity index (χ2v) is 5.42.